The number of ketones is 1. The fourth-order valence-electron chi connectivity index (χ4n) is 3.72. The third kappa shape index (κ3) is 4.16. The first-order valence-corrected chi connectivity index (χ1v) is 10.9. The first-order chi connectivity index (χ1) is 14.6. The van der Waals surface area contributed by atoms with Crippen molar-refractivity contribution in [1.29, 1.82) is 0 Å². The standard InChI is InChI=1S/C23H22N2O4S/c1-29-21(27)11-12-25-22(28)18-7-2-3-8-19(18)24-23(25)30-14-20(26)17-10-9-15-5-4-6-16(15)13-17/h2-3,7-10,13H,4-6,11-12,14H2,1H3. The van der Waals surface area contributed by atoms with Gasteiger partial charge < -0.3 is 4.74 Å². The number of ether oxygens (including phenoxy) is 1. The van der Waals surface area contributed by atoms with Crippen molar-refractivity contribution in [2.75, 3.05) is 12.9 Å². The minimum atomic E-state index is -0.403. The molecule has 154 valence electrons. The van der Waals surface area contributed by atoms with Gasteiger partial charge in [0.25, 0.3) is 5.56 Å². The molecule has 2 aromatic carbocycles. The first-order valence-electron chi connectivity index (χ1n) is 9.91. The Kier molecular flexibility index (Phi) is 5.99. The van der Waals surface area contributed by atoms with Crippen LogP contribution >= 0.6 is 11.8 Å². The zero-order valence-electron chi connectivity index (χ0n) is 16.7. The molecule has 0 unspecified atom stereocenters. The summed E-state index contributed by atoms with van der Waals surface area (Å²) in [6.45, 7) is 0.151. The van der Waals surface area contributed by atoms with E-state index in [4.69, 9.17) is 4.74 Å². The molecule has 30 heavy (non-hydrogen) atoms. The highest BCUT2D eigenvalue weighted by Crippen LogP contribution is 2.25. The molecule has 1 heterocycles. The number of aromatic nitrogens is 2. The van der Waals surface area contributed by atoms with Crippen LogP contribution in [0.3, 0.4) is 0 Å². The van der Waals surface area contributed by atoms with E-state index in [2.05, 4.69) is 4.98 Å². The number of methoxy groups -OCH3 is 1. The Morgan fingerprint density at radius 1 is 1.13 bits per heavy atom. The largest absolute Gasteiger partial charge is 0.469 e. The number of fused-ring (bicyclic) bond motifs is 2. The summed E-state index contributed by atoms with van der Waals surface area (Å²) in [4.78, 5) is 41.9. The van der Waals surface area contributed by atoms with Gasteiger partial charge in [0.05, 0.1) is 30.2 Å². The summed E-state index contributed by atoms with van der Waals surface area (Å²) < 4.78 is 6.15. The molecule has 0 aliphatic heterocycles. The van der Waals surface area contributed by atoms with Crippen LogP contribution in [0.2, 0.25) is 0 Å². The molecule has 7 heteroatoms. The predicted octanol–water partition coefficient (Wildman–Crippen LogP) is 3.42. The van der Waals surface area contributed by atoms with Crippen LogP contribution in [0, 0.1) is 0 Å². The van der Waals surface area contributed by atoms with Crippen LogP contribution in [0.1, 0.15) is 34.3 Å². The molecular weight excluding hydrogens is 400 g/mol. The van der Waals surface area contributed by atoms with Crippen molar-refractivity contribution in [1.82, 2.24) is 9.55 Å². The van der Waals surface area contributed by atoms with Gasteiger partial charge in [-0.25, -0.2) is 4.98 Å². The van der Waals surface area contributed by atoms with E-state index in [1.54, 1.807) is 18.2 Å². The van der Waals surface area contributed by atoms with Gasteiger partial charge >= 0.3 is 5.97 Å². The van der Waals surface area contributed by atoms with E-state index in [9.17, 15) is 14.4 Å². The van der Waals surface area contributed by atoms with Crippen molar-refractivity contribution in [3.63, 3.8) is 0 Å². The molecule has 0 saturated carbocycles. The van der Waals surface area contributed by atoms with Crippen LogP contribution in [-0.2, 0) is 28.9 Å². The highest BCUT2D eigenvalue weighted by molar-refractivity contribution is 7.99. The van der Waals surface area contributed by atoms with E-state index in [-0.39, 0.29) is 30.1 Å². The fourth-order valence-corrected chi connectivity index (χ4v) is 4.64. The van der Waals surface area contributed by atoms with Gasteiger partial charge in [0.15, 0.2) is 10.9 Å². The minimum Gasteiger partial charge on any atom is -0.469 e. The normalized spacial score (nSPS) is 12.7. The van der Waals surface area contributed by atoms with E-state index in [0.29, 0.717) is 21.6 Å². The summed E-state index contributed by atoms with van der Waals surface area (Å²) in [5, 5.41) is 0.911. The van der Waals surface area contributed by atoms with Crippen LogP contribution in [0.4, 0.5) is 0 Å². The maximum absolute atomic E-state index is 13.0. The second kappa shape index (κ2) is 8.83. The summed E-state index contributed by atoms with van der Waals surface area (Å²) >= 11 is 1.22. The van der Waals surface area contributed by atoms with Crippen molar-refractivity contribution >= 4 is 34.4 Å². The monoisotopic (exact) mass is 422 g/mol. The van der Waals surface area contributed by atoms with Crippen LogP contribution < -0.4 is 5.56 Å². The number of hydrogen-bond acceptors (Lipinski definition) is 6. The third-order valence-corrected chi connectivity index (χ3v) is 6.32. The lowest BCUT2D eigenvalue weighted by Crippen LogP contribution is -2.25. The lowest BCUT2D eigenvalue weighted by Gasteiger charge is -2.12. The lowest BCUT2D eigenvalue weighted by molar-refractivity contribution is -0.140. The highest BCUT2D eigenvalue weighted by atomic mass is 32.2. The zero-order chi connectivity index (χ0) is 21.1. The van der Waals surface area contributed by atoms with E-state index < -0.39 is 5.97 Å². The summed E-state index contributed by atoms with van der Waals surface area (Å²) in [5.41, 5.74) is 3.62. The van der Waals surface area contributed by atoms with Gasteiger partial charge in [-0.3, -0.25) is 19.0 Å². The Morgan fingerprint density at radius 3 is 2.77 bits per heavy atom. The molecule has 4 rings (SSSR count). The Labute approximate surface area is 178 Å². The van der Waals surface area contributed by atoms with Crippen molar-refractivity contribution in [3.8, 4) is 0 Å². The highest BCUT2D eigenvalue weighted by Gasteiger charge is 2.17. The Bertz CT molecular complexity index is 1190. The third-order valence-electron chi connectivity index (χ3n) is 5.35. The number of hydrogen-bond donors (Lipinski definition) is 0. The van der Waals surface area contributed by atoms with Crippen LogP contribution in [0.5, 0.6) is 0 Å². The van der Waals surface area contributed by atoms with E-state index in [1.165, 1.54) is 34.6 Å². The van der Waals surface area contributed by atoms with Gasteiger partial charge in [0, 0.05) is 12.1 Å². The van der Waals surface area contributed by atoms with Crippen molar-refractivity contribution < 1.29 is 14.3 Å². The van der Waals surface area contributed by atoms with E-state index in [1.807, 2.05) is 24.3 Å². The average Bonchev–Trinajstić information content (AvgIpc) is 3.24. The Hall–Kier alpha value is -2.93. The predicted molar refractivity (Wildman–Crippen MR) is 116 cm³/mol. The van der Waals surface area contributed by atoms with Crippen molar-refractivity contribution in [3.05, 3.63) is 69.5 Å². The molecule has 0 radical (unpaired) electrons. The molecule has 1 aliphatic carbocycles. The number of rotatable bonds is 7. The number of benzene rings is 2. The molecule has 0 N–H and O–H groups in total. The first kappa shape index (κ1) is 20.3. The summed E-state index contributed by atoms with van der Waals surface area (Å²) in [5.74, 6) is -0.237. The maximum Gasteiger partial charge on any atom is 0.307 e. The lowest BCUT2D eigenvalue weighted by atomic mass is 10.0. The van der Waals surface area contributed by atoms with Gasteiger partial charge in [0.1, 0.15) is 0 Å². The van der Waals surface area contributed by atoms with Crippen LogP contribution in [0.15, 0.2) is 52.4 Å². The van der Waals surface area contributed by atoms with Gasteiger partial charge in [-0.05, 0) is 48.6 Å². The molecule has 1 aliphatic rings. The van der Waals surface area contributed by atoms with Crippen molar-refractivity contribution in [2.45, 2.75) is 37.4 Å². The summed E-state index contributed by atoms with van der Waals surface area (Å²) in [7, 11) is 1.31. The van der Waals surface area contributed by atoms with Gasteiger partial charge in [0.2, 0.25) is 0 Å². The second-order valence-corrected chi connectivity index (χ2v) is 8.19. The number of aryl methyl sites for hydroxylation is 2. The van der Waals surface area contributed by atoms with Crippen LogP contribution in [-0.4, -0.2) is 34.2 Å². The fraction of sp³-hybridized carbons (Fsp3) is 0.304. The Morgan fingerprint density at radius 2 is 1.93 bits per heavy atom. The molecule has 0 spiro atoms. The number of thioether (sulfide) groups is 1. The van der Waals surface area contributed by atoms with Crippen molar-refractivity contribution in [2.24, 2.45) is 0 Å². The zero-order valence-corrected chi connectivity index (χ0v) is 17.5. The average molecular weight is 423 g/mol. The molecule has 0 fully saturated rings. The second-order valence-electron chi connectivity index (χ2n) is 7.24. The molecule has 0 bridgehead atoms. The van der Waals surface area contributed by atoms with E-state index >= 15 is 0 Å². The quantitative estimate of drug-likeness (QED) is 0.251. The number of carbonyl (C=O) groups excluding carboxylic acids is 2. The minimum absolute atomic E-state index is 0.00312. The van der Waals surface area contributed by atoms with Gasteiger partial charge in [-0.15, -0.1) is 0 Å². The number of nitrogens with zero attached hydrogens (tertiary/aromatic N) is 2. The smallest absolute Gasteiger partial charge is 0.307 e. The number of carbonyl (C=O) groups is 2. The molecule has 0 atom stereocenters. The molecule has 1 aromatic heterocycles. The summed E-state index contributed by atoms with van der Waals surface area (Å²) in [6, 6.07) is 13.0. The number of para-hydroxylation sites is 1. The molecule has 0 saturated heterocycles. The topological polar surface area (TPSA) is 78.3 Å². The maximum atomic E-state index is 13.0. The molecule has 3 aromatic rings. The Balaban J connectivity index is 1.59. The molecule has 0 amide bonds. The van der Waals surface area contributed by atoms with Gasteiger partial charge in [-0.1, -0.05) is 36.0 Å². The van der Waals surface area contributed by atoms with E-state index in [0.717, 1.165) is 19.3 Å². The summed E-state index contributed by atoms with van der Waals surface area (Å²) in [6.07, 6.45) is 3.28. The molecule has 6 nitrogen and oxygen atoms in total. The number of Topliss-reactive ketones (excluding diaryl/α,β-unsaturated/α-hetero) is 1. The van der Waals surface area contributed by atoms with Crippen LogP contribution in [0.25, 0.3) is 10.9 Å². The van der Waals surface area contributed by atoms with Gasteiger partial charge in [-0.2, -0.15) is 0 Å². The molecular formula is C23H22N2O4S. The SMILES string of the molecule is COC(=O)CCn1c(SCC(=O)c2ccc3c(c2)CCC3)nc2ccccc2c1=O. The number of esters is 1.